The summed E-state index contributed by atoms with van der Waals surface area (Å²) >= 11 is 5.90. The molecule has 7 nitrogen and oxygen atoms in total. The molecule has 35 heavy (non-hydrogen) atoms. The highest BCUT2D eigenvalue weighted by atomic mass is 35.5. The number of carbonyl (C=O) groups excluding carboxylic acids is 3. The molecule has 2 N–H and O–H groups in total. The van der Waals surface area contributed by atoms with Crippen molar-refractivity contribution in [3.63, 3.8) is 0 Å². The van der Waals surface area contributed by atoms with Crippen LogP contribution in [0.1, 0.15) is 20.7 Å². The standard InChI is InChI=1S/C26H24ClFN4O3/c27-18-10-11-22(28)21(16-18)26(35)32-14-12-31(13-15-32)17-24(33)30-23-9-5-4-8-20(23)25(34)29-19-6-2-1-3-7-19/h1-11,16H,12-15,17H2,(H,29,34)(H,30,33). The molecule has 0 bridgehead atoms. The number of anilines is 2. The minimum atomic E-state index is -0.615. The Morgan fingerprint density at radius 3 is 2.26 bits per heavy atom. The molecule has 1 aliphatic rings. The summed E-state index contributed by atoms with van der Waals surface area (Å²) in [7, 11) is 0. The van der Waals surface area contributed by atoms with E-state index in [2.05, 4.69) is 10.6 Å². The van der Waals surface area contributed by atoms with Crippen molar-refractivity contribution in [2.45, 2.75) is 0 Å². The van der Waals surface area contributed by atoms with Gasteiger partial charge in [-0.05, 0) is 42.5 Å². The minimum absolute atomic E-state index is 0.0610. The molecule has 0 unspecified atom stereocenters. The number of carbonyl (C=O) groups is 3. The molecule has 3 aromatic carbocycles. The van der Waals surface area contributed by atoms with Crippen LogP contribution in [0, 0.1) is 5.82 Å². The Hall–Kier alpha value is -3.75. The maximum atomic E-state index is 14.0. The van der Waals surface area contributed by atoms with E-state index in [4.69, 9.17) is 11.6 Å². The molecule has 0 aromatic heterocycles. The smallest absolute Gasteiger partial charge is 0.257 e. The number of hydrogen-bond donors (Lipinski definition) is 2. The Labute approximate surface area is 207 Å². The van der Waals surface area contributed by atoms with Gasteiger partial charge in [0.1, 0.15) is 5.82 Å². The van der Waals surface area contributed by atoms with Crippen LogP contribution in [0.25, 0.3) is 0 Å². The van der Waals surface area contributed by atoms with Crippen LogP contribution < -0.4 is 10.6 Å². The Balaban J connectivity index is 1.32. The lowest BCUT2D eigenvalue weighted by Crippen LogP contribution is -2.50. The topological polar surface area (TPSA) is 81.8 Å². The number of benzene rings is 3. The normalized spacial score (nSPS) is 13.8. The molecule has 1 fully saturated rings. The summed E-state index contributed by atoms with van der Waals surface area (Å²) in [6.07, 6.45) is 0. The SMILES string of the molecule is O=C(CN1CCN(C(=O)c2cc(Cl)ccc2F)CC1)Nc1ccccc1C(=O)Nc1ccccc1. The van der Waals surface area contributed by atoms with Gasteiger partial charge in [-0.1, -0.05) is 41.9 Å². The second-order valence-corrected chi connectivity index (χ2v) is 8.54. The third-order valence-electron chi connectivity index (χ3n) is 5.66. The first-order valence-corrected chi connectivity index (χ1v) is 11.5. The summed E-state index contributed by atoms with van der Waals surface area (Å²) in [6, 6.07) is 19.8. The molecule has 3 aromatic rings. The summed E-state index contributed by atoms with van der Waals surface area (Å²) in [5.41, 5.74) is 1.36. The zero-order valence-corrected chi connectivity index (χ0v) is 19.6. The molecule has 180 valence electrons. The Kier molecular flexibility index (Phi) is 7.74. The van der Waals surface area contributed by atoms with Crippen LogP contribution in [0.5, 0.6) is 0 Å². The lowest BCUT2D eigenvalue weighted by Gasteiger charge is -2.34. The fourth-order valence-corrected chi connectivity index (χ4v) is 4.02. The van der Waals surface area contributed by atoms with Crippen LogP contribution in [-0.2, 0) is 4.79 Å². The summed E-state index contributed by atoms with van der Waals surface area (Å²) in [4.78, 5) is 41.5. The number of amides is 3. The molecule has 0 saturated carbocycles. The first-order chi connectivity index (χ1) is 16.9. The fourth-order valence-electron chi connectivity index (χ4n) is 3.84. The predicted octanol–water partition coefficient (Wildman–Crippen LogP) is 4.13. The van der Waals surface area contributed by atoms with Gasteiger partial charge in [0.15, 0.2) is 0 Å². The quantitative estimate of drug-likeness (QED) is 0.540. The van der Waals surface area contributed by atoms with E-state index in [0.29, 0.717) is 48.1 Å². The average molecular weight is 495 g/mol. The van der Waals surface area contributed by atoms with Crippen LogP contribution in [0.15, 0.2) is 72.8 Å². The molecule has 1 saturated heterocycles. The van der Waals surface area contributed by atoms with E-state index < -0.39 is 11.7 Å². The number of halogens is 2. The van der Waals surface area contributed by atoms with Gasteiger partial charge >= 0.3 is 0 Å². The van der Waals surface area contributed by atoms with Gasteiger partial charge in [0, 0.05) is 36.9 Å². The van der Waals surface area contributed by atoms with Gasteiger partial charge in [-0.3, -0.25) is 19.3 Å². The lowest BCUT2D eigenvalue weighted by molar-refractivity contribution is -0.117. The van der Waals surface area contributed by atoms with Crippen LogP contribution >= 0.6 is 11.6 Å². The summed E-state index contributed by atoms with van der Waals surface area (Å²) < 4.78 is 14.0. The van der Waals surface area contributed by atoms with Crippen molar-refractivity contribution in [1.82, 2.24) is 9.80 Å². The fraction of sp³-hybridized carbons (Fsp3) is 0.192. The number of nitrogens with zero attached hydrogens (tertiary/aromatic N) is 2. The number of rotatable bonds is 6. The maximum absolute atomic E-state index is 14.0. The first-order valence-electron chi connectivity index (χ1n) is 11.1. The van der Waals surface area contributed by atoms with E-state index in [1.54, 1.807) is 41.3 Å². The zero-order chi connectivity index (χ0) is 24.8. The molecule has 3 amide bonds. The predicted molar refractivity (Wildman–Crippen MR) is 133 cm³/mol. The van der Waals surface area contributed by atoms with Crippen molar-refractivity contribution in [3.05, 3.63) is 94.8 Å². The molecular formula is C26H24ClFN4O3. The second kappa shape index (κ2) is 11.1. The van der Waals surface area contributed by atoms with Gasteiger partial charge in [-0.15, -0.1) is 0 Å². The molecular weight excluding hydrogens is 471 g/mol. The van der Waals surface area contributed by atoms with E-state index >= 15 is 0 Å². The van der Waals surface area contributed by atoms with Crippen LogP contribution in [-0.4, -0.2) is 60.2 Å². The third kappa shape index (κ3) is 6.23. The number of piperazine rings is 1. The second-order valence-electron chi connectivity index (χ2n) is 8.11. The van der Waals surface area contributed by atoms with Gasteiger partial charge in [-0.25, -0.2) is 4.39 Å². The number of nitrogens with one attached hydrogen (secondary N) is 2. The zero-order valence-electron chi connectivity index (χ0n) is 18.8. The average Bonchev–Trinajstić information content (AvgIpc) is 2.86. The lowest BCUT2D eigenvalue weighted by atomic mass is 10.1. The van der Waals surface area contributed by atoms with Crippen LogP contribution in [0.3, 0.4) is 0 Å². The number of hydrogen-bond acceptors (Lipinski definition) is 4. The van der Waals surface area contributed by atoms with Crippen molar-refractivity contribution >= 4 is 40.7 Å². The Morgan fingerprint density at radius 1 is 0.829 bits per heavy atom. The first kappa shape index (κ1) is 24.4. The van der Waals surface area contributed by atoms with Crippen molar-refractivity contribution in [1.29, 1.82) is 0 Å². The van der Waals surface area contributed by atoms with E-state index in [9.17, 15) is 18.8 Å². The Morgan fingerprint density at radius 2 is 1.51 bits per heavy atom. The van der Waals surface area contributed by atoms with Gasteiger partial charge < -0.3 is 15.5 Å². The van der Waals surface area contributed by atoms with Gasteiger partial charge in [0.2, 0.25) is 5.91 Å². The summed E-state index contributed by atoms with van der Waals surface area (Å²) in [6.45, 7) is 1.72. The highest BCUT2D eigenvalue weighted by Crippen LogP contribution is 2.19. The molecule has 4 rings (SSSR count). The molecule has 1 heterocycles. The summed E-state index contributed by atoms with van der Waals surface area (Å²) in [5.74, 6) is -1.64. The van der Waals surface area contributed by atoms with Crippen LogP contribution in [0.2, 0.25) is 5.02 Å². The molecule has 9 heteroatoms. The van der Waals surface area contributed by atoms with Crippen molar-refractivity contribution in [2.75, 3.05) is 43.4 Å². The van der Waals surface area contributed by atoms with E-state index in [0.717, 1.165) is 0 Å². The van der Waals surface area contributed by atoms with Crippen molar-refractivity contribution in [2.24, 2.45) is 0 Å². The highest BCUT2D eigenvalue weighted by Gasteiger charge is 2.25. The van der Waals surface area contributed by atoms with E-state index in [1.165, 1.54) is 18.2 Å². The van der Waals surface area contributed by atoms with Crippen LogP contribution in [0.4, 0.5) is 15.8 Å². The molecule has 0 atom stereocenters. The monoisotopic (exact) mass is 494 g/mol. The summed E-state index contributed by atoms with van der Waals surface area (Å²) in [5, 5.41) is 5.92. The highest BCUT2D eigenvalue weighted by molar-refractivity contribution is 6.31. The molecule has 0 aliphatic carbocycles. The van der Waals surface area contributed by atoms with E-state index in [1.807, 2.05) is 23.1 Å². The third-order valence-corrected chi connectivity index (χ3v) is 5.90. The van der Waals surface area contributed by atoms with Crippen molar-refractivity contribution in [3.8, 4) is 0 Å². The van der Waals surface area contributed by atoms with Crippen molar-refractivity contribution < 1.29 is 18.8 Å². The molecule has 1 aliphatic heterocycles. The minimum Gasteiger partial charge on any atom is -0.336 e. The molecule has 0 spiro atoms. The van der Waals surface area contributed by atoms with Gasteiger partial charge in [-0.2, -0.15) is 0 Å². The van der Waals surface area contributed by atoms with Gasteiger partial charge in [0.05, 0.1) is 23.4 Å². The maximum Gasteiger partial charge on any atom is 0.257 e. The largest absolute Gasteiger partial charge is 0.336 e. The number of para-hydroxylation sites is 2. The van der Waals surface area contributed by atoms with E-state index in [-0.39, 0.29) is 23.9 Å². The van der Waals surface area contributed by atoms with Gasteiger partial charge in [0.25, 0.3) is 11.8 Å². The molecule has 0 radical (unpaired) electrons. The Bertz CT molecular complexity index is 1230.